The highest BCUT2D eigenvalue weighted by atomic mass is 19.4. The summed E-state index contributed by atoms with van der Waals surface area (Å²) in [6.45, 7) is 0. The summed E-state index contributed by atoms with van der Waals surface area (Å²) < 4.78 is 39.1. The molecule has 0 saturated carbocycles. The van der Waals surface area contributed by atoms with Crippen LogP contribution < -0.4 is 16.8 Å². The quantitative estimate of drug-likeness (QED) is 0.485. The summed E-state index contributed by atoms with van der Waals surface area (Å²) in [5.41, 5.74) is 13.2. The van der Waals surface area contributed by atoms with E-state index in [4.69, 9.17) is 11.5 Å². The first-order valence-electron chi connectivity index (χ1n) is 10.3. The third-order valence-corrected chi connectivity index (χ3v) is 5.19. The number of carbonyl (C=O) groups excluding carboxylic acids is 2. The van der Waals surface area contributed by atoms with Gasteiger partial charge in [0.2, 0.25) is 11.8 Å². The molecule has 5 nitrogen and oxygen atoms in total. The molecule has 33 heavy (non-hydrogen) atoms. The number of hydrogen-bond donors (Lipinski definition) is 3. The number of alkyl halides is 3. The van der Waals surface area contributed by atoms with Crippen LogP contribution in [0.4, 0.5) is 13.2 Å². The maximum absolute atomic E-state index is 13.0. The molecule has 2 atom stereocenters. The fraction of sp³-hybridized carbons (Fsp3) is 0.200. The van der Waals surface area contributed by atoms with Crippen LogP contribution in [0.2, 0.25) is 0 Å². The van der Waals surface area contributed by atoms with Gasteiger partial charge >= 0.3 is 6.18 Å². The van der Waals surface area contributed by atoms with E-state index in [-0.39, 0.29) is 12.8 Å². The molecule has 0 aromatic heterocycles. The van der Waals surface area contributed by atoms with E-state index >= 15 is 0 Å². The molecule has 0 radical (unpaired) electrons. The van der Waals surface area contributed by atoms with E-state index in [2.05, 4.69) is 5.32 Å². The van der Waals surface area contributed by atoms with E-state index in [9.17, 15) is 22.8 Å². The molecule has 8 heteroatoms. The molecule has 0 saturated heterocycles. The van der Waals surface area contributed by atoms with Gasteiger partial charge in [-0.05, 0) is 40.8 Å². The highest BCUT2D eigenvalue weighted by Gasteiger charge is 2.30. The van der Waals surface area contributed by atoms with Crippen LogP contribution in [0.1, 0.15) is 16.7 Å². The third-order valence-electron chi connectivity index (χ3n) is 5.19. The molecular formula is C25H24F3N3O2. The molecule has 172 valence electrons. The Morgan fingerprint density at radius 1 is 0.818 bits per heavy atom. The lowest BCUT2D eigenvalue weighted by molar-refractivity contribution is -0.137. The Morgan fingerprint density at radius 2 is 1.42 bits per heavy atom. The summed E-state index contributed by atoms with van der Waals surface area (Å²) in [6, 6.07) is 19.1. The molecule has 3 aromatic carbocycles. The minimum atomic E-state index is -4.44. The Bertz CT molecular complexity index is 1120. The minimum Gasteiger partial charge on any atom is -0.368 e. The molecule has 1 unspecified atom stereocenters. The zero-order chi connectivity index (χ0) is 24.0. The Hall–Kier alpha value is -3.65. The number of halogens is 3. The van der Waals surface area contributed by atoms with Crippen LogP contribution in [0.25, 0.3) is 11.1 Å². The number of nitrogens with two attached hydrogens (primary N) is 2. The fourth-order valence-corrected chi connectivity index (χ4v) is 3.45. The van der Waals surface area contributed by atoms with Crippen LogP contribution in [0, 0.1) is 0 Å². The number of rotatable bonds is 8. The first kappa shape index (κ1) is 24.0. The monoisotopic (exact) mass is 455 g/mol. The van der Waals surface area contributed by atoms with Gasteiger partial charge in [0.05, 0.1) is 11.6 Å². The molecule has 0 aliphatic carbocycles. The molecule has 0 aliphatic heterocycles. The van der Waals surface area contributed by atoms with Gasteiger partial charge in [-0.2, -0.15) is 13.2 Å². The van der Waals surface area contributed by atoms with Gasteiger partial charge in [-0.25, -0.2) is 0 Å². The highest BCUT2D eigenvalue weighted by Crippen LogP contribution is 2.32. The first-order chi connectivity index (χ1) is 15.6. The number of amides is 2. The van der Waals surface area contributed by atoms with E-state index in [1.54, 1.807) is 30.3 Å². The molecule has 0 spiro atoms. The van der Waals surface area contributed by atoms with E-state index in [1.165, 1.54) is 6.07 Å². The van der Waals surface area contributed by atoms with Crippen LogP contribution in [0.5, 0.6) is 0 Å². The van der Waals surface area contributed by atoms with Crippen molar-refractivity contribution in [1.29, 1.82) is 0 Å². The predicted molar refractivity (Wildman–Crippen MR) is 120 cm³/mol. The fourth-order valence-electron chi connectivity index (χ4n) is 3.45. The second-order valence-corrected chi connectivity index (χ2v) is 7.74. The van der Waals surface area contributed by atoms with Gasteiger partial charge < -0.3 is 16.8 Å². The Balaban J connectivity index is 1.69. The second kappa shape index (κ2) is 10.3. The Kier molecular flexibility index (Phi) is 7.50. The molecule has 3 aromatic rings. The van der Waals surface area contributed by atoms with E-state index in [0.717, 1.165) is 17.7 Å². The van der Waals surface area contributed by atoms with E-state index < -0.39 is 35.6 Å². The largest absolute Gasteiger partial charge is 0.416 e. The van der Waals surface area contributed by atoms with Crippen molar-refractivity contribution in [2.45, 2.75) is 31.1 Å². The van der Waals surface area contributed by atoms with Crippen LogP contribution >= 0.6 is 0 Å². The molecule has 0 aliphatic rings. The van der Waals surface area contributed by atoms with Crippen LogP contribution in [0.15, 0.2) is 78.9 Å². The van der Waals surface area contributed by atoms with Gasteiger partial charge in [-0.3, -0.25) is 9.59 Å². The van der Waals surface area contributed by atoms with Gasteiger partial charge in [0, 0.05) is 6.42 Å². The third kappa shape index (κ3) is 6.66. The zero-order valence-corrected chi connectivity index (χ0v) is 17.7. The van der Waals surface area contributed by atoms with Crippen LogP contribution in [-0.2, 0) is 28.6 Å². The van der Waals surface area contributed by atoms with Crippen LogP contribution in [-0.4, -0.2) is 23.9 Å². The Labute approximate surface area is 189 Å². The topological polar surface area (TPSA) is 98.2 Å². The average Bonchev–Trinajstić information content (AvgIpc) is 2.79. The number of nitrogens with one attached hydrogen (secondary N) is 1. The van der Waals surface area contributed by atoms with Crippen molar-refractivity contribution in [2.24, 2.45) is 11.5 Å². The second-order valence-electron chi connectivity index (χ2n) is 7.74. The summed E-state index contributed by atoms with van der Waals surface area (Å²) in [5.74, 6) is -1.22. The van der Waals surface area contributed by atoms with Gasteiger partial charge in [0.25, 0.3) is 0 Å². The molecule has 5 N–H and O–H groups in total. The highest BCUT2D eigenvalue weighted by molar-refractivity contribution is 5.89. The number of benzene rings is 3. The SMILES string of the molecule is NC(=O)[C@H](Cc1ccccc1)NC(=O)C(N)Cc1cccc(-c2cccc(C(F)(F)F)c2)c1. The van der Waals surface area contributed by atoms with Crippen molar-refractivity contribution in [1.82, 2.24) is 5.32 Å². The summed E-state index contributed by atoms with van der Waals surface area (Å²) in [5, 5.41) is 2.59. The standard InChI is InChI=1S/C25H24F3N3O2/c26-25(27,28)20-11-5-10-19(15-20)18-9-4-8-17(12-18)13-21(29)24(33)31-22(23(30)32)14-16-6-2-1-3-7-16/h1-12,15,21-22H,13-14,29H2,(H2,30,32)(H,31,33)/t21?,22-/m0/s1. The molecular weight excluding hydrogens is 431 g/mol. The molecule has 3 rings (SSSR count). The zero-order valence-electron chi connectivity index (χ0n) is 17.7. The van der Waals surface area contributed by atoms with Crippen molar-refractivity contribution < 1.29 is 22.8 Å². The summed E-state index contributed by atoms with van der Waals surface area (Å²) in [4.78, 5) is 24.4. The van der Waals surface area contributed by atoms with Gasteiger partial charge in [-0.1, -0.05) is 66.7 Å². The summed E-state index contributed by atoms with van der Waals surface area (Å²) >= 11 is 0. The number of hydrogen-bond acceptors (Lipinski definition) is 3. The maximum atomic E-state index is 13.0. The maximum Gasteiger partial charge on any atom is 0.416 e. The van der Waals surface area contributed by atoms with Crippen LogP contribution in [0.3, 0.4) is 0 Å². The molecule has 0 heterocycles. The number of carbonyl (C=O) groups is 2. The first-order valence-corrected chi connectivity index (χ1v) is 10.3. The lowest BCUT2D eigenvalue weighted by atomic mass is 9.98. The molecule has 2 amide bonds. The smallest absolute Gasteiger partial charge is 0.368 e. The Morgan fingerprint density at radius 3 is 2.06 bits per heavy atom. The molecule has 0 fully saturated rings. The van der Waals surface area contributed by atoms with E-state index in [0.29, 0.717) is 16.7 Å². The van der Waals surface area contributed by atoms with E-state index in [1.807, 2.05) is 30.3 Å². The average molecular weight is 455 g/mol. The predicted octanol–water partition coefficient (Wildman–Crippen LogP) is 3.46. The van der Waals surface area contributed by atoms with Crippen molar-refractivity contribution in [2.75, 3.05) is 0 Å². The van der Waals surface area contributed by atoms with Crippen molar-refractivity contribution in [3.63, 3.8) is 0 Å². The summed E-state index contributed by atoms with van der Waals surface area (Å²) in [7, 11) is 0. The normalized spacial score (nSPS) is 13.2. The lowest BCUT2D eigenvalue weighted by Gasteiger charge is -2.19. The number of primary amides is 1. The lowest BCUT2D eigenvalue weighted by Crippen LogP contribution is -2.51. The van der Waals surface area contributed by atoms with Crippen molar-refractivity contribution >= 4 is 11.8 Å². The van der Waals surface area contributed by atoms with Gasteiger partial charge in [0.15, 0.2) is 0 Å². The van der Waals surface area contributed by atoms with Crippen molar-refractivity contribution in [3.05, 3.63) is 95.6 Å². The molecule has 0 bridgehead atoms. The minimum absolute atomic E-state index is 0.134. The van der Waals surface area contributed by atoms with Crippen molar-refractivity contribution in [3.8, 4) is 11.1 Å². The van der Waals surface area contributed by atoms with Gasteiger partial charge in [-0.15, -0.1) is 0 Å². The summed E-state index contributed by atoms with van der Waals surface area (Å²) in [6.07, 6.45) is -4.07. The van der Waals surface area contributed by atoms with Gasteiger partial charge in [0.1, 0.15) is 6.04 Å².